The van der Waals surface area contributed by atoms with Gasteiger partial charge < -0.3 is 18.9 Å². The van der Waals surface area contributed by atoms with Gasteiger partial charge in [0.15, 0.2) is 0 Å². The van der Waals surface area contributed by atoms with E-state index in [4.69, 9.17) is 18.9 Å². The topological polar surface area (TPSA) is 125 Å². The summed E-state index contributed by atoms with van der Waals surface area (Å²) in [6.45, 7) is 4.12. The van der Waals surface area contributed by atoms with Crippen molar-refractivity contribution >= 4 is 46.7 Å². The largest absolute Gasteiger partial charge is 0.494 e. The van der Waals surface area contributed by atoms with E-state index in [1.807, 2.05) is 24.3 Å². The molecule has 0 spiro atoms. The molecule has 2 aliphatic rings. The fraction of sp³-hybridized carbons (Fsp3) is 0.361. The summed E-state index contributed by atoms with van der Waals surface area (Å²) in [6.07, 6.45) is 15.3. The maximum Gasteiger partial charge on any atom is 0.339 e. The van der Waals surface area contributed by atoms with Crippen LogP contribution in [0.5, 0.6) is 17.2 Å². The van der Waals surface area contributed by atoms with Gasteiger partial charge in [-0.1, -0.05) is 49.3 Å². The fourth-order valence-electron chi connectivity index (χ4n) is 5.29. The third kappa shape index (κ3) is 9.86. The van der Waals surface area contributed by atoms with Crippen molar-refractivity contribution in [2.24, 2.45) is 11.0 Å². The first kappa shape index (κ1) is 33.6. The van der Waals surface area contributed by atoms with E-state index in [9.17, 15) is 14.4 Å². The number of hydrogen-bond acceptors (Lipinski definition) is 11. The van der Waals surface area contributed by atoms with Gasteiger partial charge in [0.05, 0.1) is 34.9 Å². The maximum atomic E-state index is 13.3. The van der Waals surface area contributed by atoms with Crippen LogP contribution in [0.1, 0.15) is 85.3 Å². The van der Waals surface area contributed by atoms with Crippen molar-refractivity contribution < 1.29 is 33.3 Å². The maximum absolute atomic E-state index is 13.3. The first-order valence-corrected chi connectivity index (χ1v) is 16.8. The Morgan fingerprint density at radius 1 is 0.979 bits per heavy atom. The predicted molar refractivity (Wildman–Crippen MR) is 181 cm³/mol. The zero-order chi connectivity index (χ0) is 33.0. The second kappa shape index (κ2) is 16.7. The van der Waals surface area contributed by atoms with Crippen molar-refractivity contribution in [2.45, 2.75) is 71.3 Å². The normalized spacial score (nSPS) is 17.1. The van der Waals surface area contributed by atoms with Crippen LogP contribution in [0, 0.1) is 5.92 Å². The third-order valence-electron chi connectivity index (χ3n) is 7.74. The molecule has 0 saturated heterocycles. The van der Waals surface area contributed by atoms with Gasteiger partial charge in [-0.05, 0) is 80.6 Å². The Balaban J connectivity index is 1.15. The van der Waals surface area contributed by atoms with Crippen LogP contribution in [-0.2, 0) is 20.7 Å². The molecule has 0 radical (unpaired) electrons. The molecular weight excluding hydrogens is 618 g/mol. The number of hydrogen-bond donors (Lipinski definition) is 1. The molecule has 47 heavy (non-hydrogen) atoms. The summed E-state index contributed by atoms with van der Waals surface area (Å²) >= 11 is 1.47. The number of rotatable bonds is 13. The van der Waals surface area contributed by atoms with Gasteiger partial charge in [-0.2, -0.15) is 5.10 Å². The molecule has 11 heteroatoms. The minimum atomic E-state index is -0.526. The Labute approximate surface area is 278 Å². The van der Waals surface area contributed by atoms with Crippen LogP contribution < -0.4 is 19.6 Å². The SMILES string of the molecule is CCCCCOc1ccc(OC(=O)C2CCC(OC(=O)c3ccc(OC(C)=O)cc3/C=N/Nc3nc4c(s3)C=CC=CC4)CC2)cc1. The van der Waals surface area contributed by atoms with Crippen LogP contribution >= 0.6 is 11.3 Å². The summed E-state index contributed by atoms with van der Waals surface area (Å²) in [4.78, 5) is 43.3. The van der Waals surface area contributed by atoms with Gasteiger partial charge in [0.1, 0.15) is 23.4 Å². The molecule has 0 unspecified atom stereocenters. The molecule has 0 amide bonds. The first-order valence-electron chi connectivity index (χ1n) is 16.0. The van der Waals surface area contributed by atoms with Crippen molar-refractivity contribution in [3.63, 3.8) is 0 Å². The van der Waals surface area contributed by atoms with Gasteiger partial charge in [-0.25, -0.2) is 9.78 Å². The molecule has 2 aromatic carbocycles. The molecule has 0 bridgehead atoms. The van der Waals surface area contributed by atoms with E-state index in [0.29, 0.717) is 48.7 Å². The minimum absolute atomic E-state index is 0.272. The van der Waals surface area contributed by atoms with Gasteiger partial charge in [0.25, 0.3) is 0 Å². The lowest BCUT2D eigenvalue weighted by atomic mass is 9.87. The van der Waals surface area contributed by atoms with Gasteiger partial charge in [-0.3, -0.25) is 15.0 Å². The van der Waals surface area contributed by atoms with Crippen molar-refractivity contribution in [1.29, 1.82) is 0 Å². The molecule has 1 fully saturated rings. The number of carbonyl (C=O) groups is 3. The number of unbranched alkanes of at least 4 members (excludes halogenated alkanes) is 2. The number of benzene rings is 2. The lowest BCUT2D eigenvalue weighted by Gasteiger charge is -2.27. The lowest BCUT2D eigenvalue weighted by Crippen LogP contribution is -2.30. The monoisotopic (exact) mass is 657 g/mol. The Hall–Kier alpha value is -4.77. The smallest absolute Gasteiger partial charge is 0.339 e. The van der Waals surface area contributed by atoms with E-state index >= 15 is 0 Å². The highest BCUT2D eigenvalue weighted by Gasteiger charge is 2.30. The van der Waals surface area contributed by atoms with Crippen LogP contribution in [0.2, 0.25) is 0 Å². The zero-order valence-corrected chi connectivity index (χ0v) is 27.4. The summed E-state index contributed by atoms with van der Waals surface area (Å²) < 4.78 is 22.4. The number of aromatic nitrogens is 1. The molecule has 0 atom stereocenters. The predicted octanol–water partition coefficient (Wildman–Crippen LogP) is 7.53. The standard InChI is InChI=1S/C36H39N3O7S/c1-3-4-8-21-43-27-15-17-29(18-16-27)45-34(41)25-11-13-28(14-12-25)46-35(42)31-20-19-30(44-24(2)40)22-26(31)23-37-39-36-38-32-9-6-5-7-10-33(32)47-36/h5-7,10,15-20,22-23,25,28H,3-4,8-9,11-14,21H2,1-2H3,(H,38,39)/b37-23+. The van der Waals surface area contributed by atoms with Gasteiger partial charge in [0.2, 0.25) is 5.13 Å². The number of thiazole rings is 1. The van der Waals surface area contributed by atoms with E-state index in [1.165, 1.54) is 24.5 Å². The van der Waals surface area contributed by atoms with E-state index in [-0.39, 0.29) is 29.3 Å². The molecule has 3 aromatic rings. The van der Waals surface area contributed by atoms with E-state index in [1.54, 1.807) is 42.5 Å². The van der Waals surface area contributed by atoms with Gasteiger partial charge in [-0.15, -0.1) is 0 Å². The van der Waals surface area contributed by atoms with Gasteiger partial charge >= 0.3 is 17.9 Å². The lowest BCUT2D eigenvalue weighted by molar-refractivity contribution is -0.140. The summed E-state index contributed by atoms with van der Waals surface area (Å²) in [5.41, 5.74) is 4.58. The number of hydrazone groups is 1. The molecule has 1 heterocycles. The van der Waals surface area contributed by atoms with Crippen molar-refractivity contribution in [1.82, 2.24) is 4.98 Å². The molecular formula is C36H39N3O7S. The molecule has 246 valence electrons. The van der Waals surface area contributed by atoms with Crippen molar-refractivity contribution in [3.05, 3.63) is 82.4 Å². The quantitative estimate of drug-likeness (QED) is 0.0653. The Morgan fingerprint density at radius 2 is 1.74 bits per heavy atom. The summed E-state index contributed by atoms with van der Waals surface area (Å²) in [5.74, 6) is -0.0697. The number of ether oxygens (including phenoxy) is 4. The molecule has 5 rings (SSSR count). The third-order valence-corrected chi connectivity index (χ3v) is 8.71. The average Bonchev–Trinajstić information content (AvgIpc) is 3.31. The molecule has 10 nitrogen and oxygen atoms in total. The van der Waals surface area contributed by atoms with Crippen molar-refractivity contribution in [2.75, 3.05) is 12.0 Å². The van der Waals surface area contributed by atoms with Crippen molar-refractivity contribution in [3.8, 4) is 17.2 Å². The number of carbonyl (C=O) groups excluding carboxylic acids is 3. The highest BCUT2D eigenvalue weighted by Crippen LogP contribution is 2.30. The molecule has 1 N–H and O–H groups in total. The summed E-state index contributed by atoms with van der Waals surface area (Å²) in [7, 11) is 0. The first-order chi connectivity index (χ1) is 22.9. The van der Waals surface area contributed by atoms with E-state index < -0.39 is 11.9 Å². The highest BCUT2D eigenvalue weighted by atomic mass is 32.1. The van der Waals surface area contributed by atoms with Crippen LogP contribution in [0.3, 0.4) is 0 Å². The van der Waals surface area contributed by atoms with Crippen LogP contribution in [-0.4, -0.2) is 41.8 Å². The number of allylic oxidation sites excluding steroid dienone is 3. The summed E-state index contributed by atoms with van der Waals surface area (Å²) in [6, 6.07) is 11.7. The molecule has 1 saturated carbocycles. The second-order valence-corrected chi connectivity index (χ2v) is 12.4. The Morgan fingerprint density at radius 3 is 2.51 bits per heavy atom. The number of anilines is 1. The minimum Gasteiger partial charge on any atom is -0.494 e. The van der Waals surface area contributed by atoms with Crippen LogP contribution in [0.15, 0.2) is 65.8 Å². The fourth-order valence-corrected chi connectivity index (χ4v) is 6.14. The number of fused-ring (bicyclic) bond motifs is 1. The Bertz CT molecular complexity index is 1640. The molecule has 1 aromatic heterocycles. The van der Waals surface area contributed by atoms with Crippen LogP contribution in [0.4, 0.5) is 5.13 Å². The van der Waals surface area contributed by atoms with Gasteiger partial charge in [0, 0.05) is 18.9 Å². The number of nitrogens with one attached hydrogen (secondary N) is 1. The number of nitrogens with zero attached hydrogens (tertiary/aromatic N) is 2. The van der Waals surface area contributed by atoms with E-state index in [0.717, 1.165) is 42.0 Å². The number of esters is 3. The van der Waals surface area contributed by atoms with E-state index in [2.05, 4.69) is 22.4 Å². The molecule has 0 aliphatic heterocycles. The summed E-state index contributed by atoms with van der Waals surface area (Å²) in [5, 5.41) is 4.92. The molecule has 2 aliphatic carbocycles. The average molecular weight is 658 g/mol. The highest BCUT2D eigenvalue weighted by molar-refractivity contribution is 7.16. The van der Waals surface area contributed by atoms with Crippen LogP contribution in [0.25, 0.3) is 6.08 Å². The Kier molecular flexibility index (Phi) is 11.9. The zero-order valence-electron chi connectivity index (χ0n) is 26.6. The second-order valence-electron chi connectivity index (χ2n) is 11.4.